The number of carbonyl (C=O) groups is 1. The highest BCUT2D eigenvalue weighted by Crippen LogP contribution is 2.42. The van der Waals surface area contributed by atoms with Crippen LogP contribution in [0.25, 0.3) is 0 Å². The SMILES string of the molecule is CCCOC(C)(C(=O)Nc1ccc(OCCN(CC)CC)cc1)C1CC1. The lowest BCUT2D eigenvalue weighted by atomic mass is 9.98. The van der Waals surface area contributed by atoms with Crippen LogP contribution >= 0.6 is 0 Å². The number of amides is 1. The summed E-state index contributed by atoms with van der Waals surface area (Å²) in [6.45, 7) is 12.5. The zero-order chi connectivity index (χ0) is 19.0. The van der Waals surface area contributed by atoms with Crippen molar-refractivity contribution in [3.05, 3.63) is 24.3 Å². The lowest BCUT2D eigenvalue weighted by Gasteiger charge is -2.28. The predicted molar refractivity (Wildman–Crippen MR) is 106 cm³/mol. The van der Waals surface area contributed by atoms with Gasteiger partial charge >= 0.3 is 0 Å². The molecule has 0 bridgehead atoms. The maximum Gasteiger partial charge on any atom is 0.256 e. The summed E-state index contributed by atoms with van der Waals surface area (Å²) < 4.78 is 11.7. The van der Waals surface area contributed by atoms with Gasteiger partial charge in [0, 0.05) is 18.8 Å². The van der Waals surface area contributed by atoms with E-state index in [1.165, 1.54) is 0 Å². The van der Waals surface area contributed by atoms with Crippen LogP contribution in [-0.4, -0.2) is 49.3 Å². The molecule has 5 heteroatoms. The van der Waals surface area contributed by atoms with Gasteiger partial charge in [0.15, 0.2) is 0 Å². The van der Waals surface area contributed by atoms with Crippen LogP contribution in [0.15, 0.2) is 24.3 Å². The normalized spacial score (nSPS) is 16.3. The Hall–Kier alpha value is -1.59. The van der Waals surface area contributed by atoms with E-state index >= 15 is 0 Å². The molecule has 5 nitrogen and oxygen atoms in total. The Bertz CT molecular complexity index is 553. The van der Waals surface area contributed by atoms with E-state index in [1.54, 1.807) is 0 Å². The molecule has 0 radical (unpaired) electrons. The number of anilines is 1. The van der Waals surface area contributed by atoms with Gasteiger partial charge in [-0.3, -0.25) is 4.79 Å². The minimum atomic E-state index is -0.727. The van der Waals surface area contributed by atoms with Gasteiger partial charge in [0.1, 0.15) is 18.0 Å². The molecule has 146 valence electrons. The molecule has 1 fully saturated rings. The minimum Gasteiger partial charge on any atom is -0.492 e. The maximum atomic E-state index is 12.7. The van der Waals surface area contributed by atoms with E-state index in [4.69, 9.17) is 9.47 Å². The molecule has 1 aliphatic carbocycles. The molecule has 1 aromatic rings. The molecule has 1 N–H and O–H groups in total. The molecule has 0 spiro atoms. The van der Waals surface area contributed by atoms with Crippen molar-refractivity contribution in [2.24, 2.45) is 5.92 Å². The Balaban J connectivity index is 1.86. The van der Waals surface area contributed by atoms with Crippen LogP contribution in [-0.2, 0) is 9.53 Å². The van der Waals surface area contributed by atoms with Gasteiger partial charge in [0.2, 0.25) is 0 Å². The number of nitrogens with zero attached hydrogens (tertiary/aromatic N) is 1. The third kappa shape index (κ3) is 5.71. The first-order valence-electron chi connectivity index (χ1n) is 9.94. The maximum absolute atomic E-state index is 12.7. The summed E-state index contributed by atoms with van der Waals surface area (Å²) in [5.74, 6) is 1.10. The number of nitrogens with one attached hydrogen (secondary N) is 1. The molecule has 2 rings (SSSR count). The van der Waals surface area contributed by atoms with E-state index in [0.29, 0.717) is 19.1 Å². The second kappa shape index (κ2) is 9.93. The third-order valence-corrected chi connectivity index (χ3v) is 5.10. The largest absolute Gasteiger partial charge is 0.492 e. The molecule has 1 atom stereocenters. The van der Waals surface area contributed by atoms with E-state index in [0.717, 1.165) is 50.3 Å². The molecule has 0 heterocycles. The summed E-state index contributed by atoms with van der Waals surface area (Å²) >= 11 is 0. The van der Waals surface area contributed by atoms with E-state index in [1.807, 2.05) is 31.2 Å². The van der Waals surface area contributed by atoms with Crippen LogP contribution in [0.4, 0.5) is 5.69 Å². The van der Waals surface area contributed by atoms with E-state index in [9.17, 15) is 4.79 Å². The molecule has 1 aromatic carbocycles. The number of ether oxygens (including phenoxy) is 2. The van der Waals surface area contributed by atoms with Gasteiger partial charge in [-0.2, -0.15) is 0 Å². The fourth-order valence-electron chi connectivity index (χ4n) is 3.04. The monoisotopic (exact) mass is 362 g/mol. The quantitative estimate of drug-likeness (QED) is 0.612. The van der Waals surface area contributed by atoms with Crippen molar-refractivity contribution in [2.45, 2.75) is 52.6 Å². The van der Waals surface area contributed by atoms with Crippen LogP contribution in [0.1, 0.15) is 47.0 Å². The van der Waals surface area contributed by atoms with E-state index in [-0.39, 0.29) is 5.91 Å². The average Bonchev–Trinajstić information content (AvgIpc) is 3.50. The highest BCUT2D eigenvalue weighted by atomic mass is 16.5. The van der Waals surface area contributed by atoms with Gasteiger partial charge in [-0.1, -0.05) is 20.8 Å². The Morgan fingerprint density at radius 2 is 1.81 bits per heavy atom. The number of hydrogen-bond donors (Lipinski definition) is 1. The Kier molecular flexibility index (Phi) is 7.91. The van der Waals surface area contributed by atoms with Gasteiger partial charge in [-0.05, 0) is 69.5 Å². The number of likely N-dealkylation sites (N-methyl/N-ethyl adjacent to an activating group) is 1. The lowest BCUT2D eigenvalue weighted by Crippen LogP contribution is -2.45. The van der Waals surface area contributed by atoms with Crippen molar-refractivity contribution >= 4 is 11.6 Å². The van der Waals surface area contributed by atoms with Crippen molar-refractivity contribution < 1.29 is 14.3 Å². The fourth-order valence-corrected chi connectivity index (χ4v) is 3.04. The smallest absolute Gasteiger partial charge is 0.256 e. The van der Waals surface area contributed by atoms with Crippen molar-refractivity contribution in [3.63, 3.8) is 0 Å². The molecule has 26 heavy (non-hydrogen) atoms. The Morgan fingerprint density at radius 1 is 1.15 bits per heavy atom. The molecule has 1 aliphatic rings. The molecular weight excluding hydrogens is 328 g/mol. The second-order valence-electron chi connectivity index (χ2n) is 7.08. The van der Waals surface area contributed by atoms with E-state index in [2.05, 4.69) is 31.0 Å². The number of hydrogen-bond acceptors (Lipinski definition) is 4. The first-order valence-corrected chi connectivity index (χ1v) is 9.94. The zero-order valence-electron chi connectivity index (χ0n) is 16.7. The first-order chi connectivity index (χ1) is 12.5. The summed E-state index contributed by atoms with van der Waals surface area (Å²) in [5, 5.41) is 3.00. The second-order valence-corrected chi connectivity index (χ2v) is 7.08. The fraction of sp³-hybridized carbons (Fsp3) is 0.667. The topological polar surface area (TPSA) is 50.8 Å². The van der Waals surface area contributed by atoms with Crippen LogP contribution in [0.5, 0.6) is 5.75 Å². The molecule has 1 amide bonds. The number of benzene rings is 1. The van der Waals surface area contributed by atoms with Crippen LogP contribution in [0.3, 0.4) is 0 Å². The molecule has 1 saturated carbocycles. The number of carbonyl (C=O) groups excluding carboxylic acids is 1. The summed E-state index contributed by atoms with van der Waals surface area (Å²) in [5.41, 5.74) is 0.0488. The summed E-state index contributed by atoms with van der Waals surface area (Å²) in [7, 11) is 0. The van der Waals surface area contributed by atoms with Gasteiger partial charge in [0.05, 0.1) is 0 Å². The highest BCUT2D eigenvalue weighted by molar-refractivity contribution is 5.97. The summed E-state index contributed by atoms with van der Waals surface area (Å²) in [6.07, 6.45) is 3.04. The van der Waals surface area contributed by atoms with Crippen LogP contribution < -0.4 is 10.1 Å². The molecule has 0 saturated heterocycles. The summed E-state index contributed by atoms with van der Waals surface area (Å²) in [4.78, 5) is 15.1. The van der Waals surface area contributed by atoms with Gasteiger partial charge in [-0.25, -0.2) is 0 Å². The molecule has 0 aromatic heterocycles. The average molecular weight is 363 g/mol. The summed E-state index contributed by atoms with van der Waals surface area (Å²) in [6, 6.07) is 7.58. The first kappa shape index (κ1) is 20.7. The standard InChI is InChI=1S/C21H34N2O3/c1-5-15-26-21(4,17-8-9-17)20(24)22-18-10-12-19(13-11-18)25-16-14-23(6-2)7-3/h10-13,17H,5-9,14-16H2,1-4H3,(H,22,24). The minimum absolute atomic E-state index is 0.0522. The predicted octanol–water partition coefficient (Wildman–Crippen LogP) is 3.94. The van der Waals surface area contributed by atoms with E-state index < -0.39 is 5.60 Å². The van der Waals surface area contributed by atoms with Gasteiger partial charge in [-0.15, -0.1) is 0 Å². The number of rotatable bonds is 12. The van der Waals surface area contributed by atoms with Crippen molar-refractivity contribution in [2.75, 3.05) is 38.2 Å². The highest BCUT2D eigenvalue weighted by Gasteiger charge is 2.48. The molecular formula is C21H34N2O3. The van der Waals surface area contributed by atoms with Crippen LogP contribution in [0.2, 0.25) is 0 Å². The van der Waals surface area contributed by atoms with Crippen LogP contribution in [0, 0.1) is 5.92 Å². The Labute approximate surface area is 158 Å². The lowest BCUT2D eigenvalue weighted by molar-refractivity contribution is -0.142. The zero-order valence-corrected chi connectivity index (χ0v) is 16.7. The van der Waals surface area contributed by atoms with Gasteiger partial charge in [0.25, 0.3) is 5.91 Å². The Morgan fingerprint density at radius 3 is 2.35 bits per heavy atom. The third-order valence-electron chi connectivity index (χ3n) is 5.10. The van der Waals surface area contributed by atoms with Crippen molar-refractivity contribution in [1.29, 1.82) is 0 Å². The van der Waals surface area contributed by atoms with Gasteiger partial charge < -0.3 is 19.7 Å². The van der Waals surface area contributed by atoms with Crippen molar-refractivity contribution in [1.82, 2.24) is 4.90 Å². The molecule has 1 unspecified atom stereocenters. The van der Waals surface area contributed by atoms with Crippen molar-refractivity contribution in [3.8, 4) is 5.75 Å². The molecule has 0 aliphatic heterocycles.